The number of benzene rings is 2. The minimum absolute atomic E-state index is 0.0945. The molecule has 0 aliphatic rings. The number of nitrogens with zero attached hydrogens (tertiary/aromatic N) is 1. The van der Waals surface area contributed by atoms with Gasteiger partial charge in [0.25, 0.3) is 5.91 Å². The third kappa shape index (κ3) is 6.37. The number of carbonyl (C=O) groups excluding carboxylic acids is 2. The van der Waals surface area contributed by atoms with E-state index in [1.54, 1.807) is 41.4 Å². The van der Waals surface area contributed by atoms with E-state index in [0.717, 1.165) is 10.6 Å². The van der Waals surface area contributed by atoms with Gasteiger partial charge in [0.05, 0.1) is 12.1 Å². The van der Waals surface area contributed by atoms with Gasteiger partial charge in [0.2, 0.25) is 5.91 Å². The van der Waals surface area contributed by atoms with Crippen molar-refractivity contribution >= 4 is 51.6 Å². The minimum atomic E-state index is -0.217. The van der Waals surface area contributed by atoms with Gasteiger partial charge in [0.1, 0.15) is 0 Å². The van der Waals surface area contributed by atoms with Crippen molar-refractivity contribution in [3.05, 3.63) is 76.3 Å². The summed E-state index contributed by atoms with van der Waals surface area (Å²) in [6.45, 7) is 0.563. The summed E-state index contributed by atoms with van der Waals surface area (Å²) < 4.78 is 0. The molecule has 0 radical (unpaired) electrons. The van der Waals surface area contributed by atoms with Crippen molar-refractivity contribution in [2.75, 3.05) is 17.6 Å². The fraction of sp³-hybridized carbons (Fsp3) is 0.150. The zero-order valence-corrected chi connectivity index (χ0v) is 17.2. The molecule has 0 bridgehead atoms. The third-order valence-corrected chi connectivity index (χ3v) is 5.73. The van der Waals surface area contributed by atoms with Crippen LogP contribution < -0.4 is 10.6 Å². The van der Waals surface area contributed by atoms with Crippen molar-refractivity contribution in [3.63, 3.8) is 0 Å². The molecule has 144 valence electrons. The summed E-state index contributed by atoms with van der Waals surface area (Å²) in [5, 5.41) is 8.60. The van der Waals surface area contributed by atoms with Crippen LogP contribution in [-0.2, 0) is 11.2 Å². The van der Waals surface area contributed by atoms with E-state index >= 15 is 0 Å². The number of aromatic nitrogens is 1. The van der Waals surface area contributed by atoms with Crippen LogP contribution in [0.1, 0.15) is 16.1 Å². The lowest BCUT2D eigenvalue weighted by atomic mass is 10.2. The van der Waals surface area contributed by atoms with E-state index in [-0.39, 0.29) is 18.2 Å². The molecule has 1 aromatic heterocycles. The lowest BCUT2D eigenvalue weighted by molar-refractivity contribution is -0.120. The summed E-state index contributed by atoms with van der Waals surface area (Å²) >= 11 is 8.81. The molecule has 5 nitrogen and oxygen atoms in total. The summed E-state index contributed by atoms with van der Waals surface area (Å²) in [4.78, 5) is 29.6. The number of thiazole rings is 1. The monoisotopic (exact) mass is 431 g/mol. The molecular formula is C20H18ClN3O2S2. The number of hydrogen-bond donors (Lipinski definition) is 2. The molecule has 28 heavy (non-hydrogen) atoms. The summed E-state index contributed by atoms with van der Waals surface area (Å²) in [7, 11) is 0. The molecule has 0 atom stereocenters. The number of thioether (sulfide) groups is 1. The van der Waals surface area contributed by atoms with Crippen LogP contribution in [0.5, 0.6) is 0 Å². The molecule has 2 amide bonds. The van der Waals surface area contributed by atoms with Gasteiger partial charge in [0.15, 0.2) is 5.13 Å². The highest BCUT2D eigenvalue weighted by atomic mass is 35.5. The molecule has 0 saturated heterocycles. The topological polar surface area (TPSA) is 71.1 Å². The second-order valence-electron chi connectivity index (χ2n) is 5.79. The van der Waals surface area contributed by atoms with Gasteiger partial charge < -0.3 is 5.32 Å². The molecule has 1 heterocycles. The first kappa shape index (κ1) is 20.4. The highest BCUT2D eigenvalue weighted by molar-refractivity contribution is 7.99. The highest BCUT2D eigenvalue weighted by Gasteiger charge is 2.11. The normalized spacial score (nSPS) is 10.5. The maximum absolute atomic E-state index is 12.1. The first-order valence-electron chi connectivity index (χ1n) is 8.56. The van der Waals surface area contributed by atoms with E-state index < -0.39 is 0 Å². The van der Waals surface area contributed by atoms with E-state index in [1.165, 1.54) is 11.3 Å². The Morgan fingerprint density at radius 1 is 1.07 bits per heavy atom. The zero-order valence-electron chi connectivity index (χ0n) is 14.9. The smallest absolute Gasteiger partial charge is 0.257 e. The Kier molecular flexibility index (Phi) is 7.47. The number of rotatable bonds is 8. The third-order valence-electron chi connectivity index (χ3n) is 3.66. The maximum Gasteiger partial charge on any atom is 0.257 e. The average molecular weight is 432 g/mol. The number of halogens is 1. The first-order valence-corrected chi connectivity index (χ1v) is 10.8. The van der Waals surface area contributed by atoms with E-state index in [2.05, 4.69) is 15.6 Å². The zero-order chi connectivity index (χ0) is 19.8. The second kappa shape index (κ2) is 10.3. The molecule has 3 rings (SSSR count). The van der Waals surface area contributed by atoms with Gasteiger partial charge >= 0.3 is 0 Å². The Balaban J connectivity index is 1.40. The Labute approximate surface area is 176 Å². The average Bonchev–Trinajstić information content (AvgIpc) is 3.14. The molecule has 0 fully saturated rings. The fourth-order valence-electron chi connectivity index (χ4n) is 2.32. The molecule has 0 spiro atoms. The van der Waals surface area contributed by atoms with Crippen LogP contribution in [0.15, 0.2) is 64.9 Å². The van der Waals surface area contributed by atoms with Crippen LogP contribution in [0.4, 0.5) is 5.13 Å². The predicted octanol–water partition coefficient (Wildman–Crippen LogP) is 4.50. The van der Waals surface area contributed by atoms with Crippen LogP contribution in [0.25, 0.3) is 0 Å². The van der Waals surface area contributed by atoms with Gasteiger partial charge in [0, 0.05) is 33.2 Å². The quantitative estimate of drug-likeness (QED) is 0.407. The highest BCUT2D eigenvalue weighted by Crippen LogP contribution is 2.20. The van der Waals surface area contributed by atoms with E-state index in [4.69, 9.17) is 11.6 Å². The van der Waals surface area contributed by atoms with Crippen LogP contribution in [0, 0.1) is 0 Å². The lowest BCUT2D eigenvalue weighted by Crippen LogP contribution is -2.27. The summed E-state index contributed by atoms with van der Waals surface area (Å²) in [6, 6.07) is 16.5. The van der Waals surface area contributed by atoms with E-state index in [0.29, 0.717) is 28.0 Å². The molecule has 0 unspecified atom stereocenters. The molecule has 8 heteroatoms. The predicted molar refractivity (Wildman–Crippen MR) is 115 cm³/mol. The van der Waals surface area contributed by atoms with Gasteiger partial charge in [-0.2, -0.15) is 0 Å². The Hall–Kier alpha value is -2.35. The van der Waals surface area contributed by atoms with Crippen molar-refractivity contribution in [1.82, 2.24) is 10.3 Å². The largest absolute Gasteiger partial charge is 0.355 e. The summed E-state index contributed by atoms with van der Waals surface area (Å²) in [5.41, 5.74) is 1.20. The molecule has 3 aromatic rings. The standard InChI is InChI=1S/C20H18ClN3O2S2/c21-15-6-8-17(9-7-15)27-11-10-22-18(25)12-16-13-28-20(23-16)24-19(26)14-4-2-1-3-5-14/h1-9,13H,10-12H2,(H,22,25)(H,23,24,26). The van der Waals surface area contributed by atoms with Gasteiger partial charge in [-0.25, -0.2) is 4.98 Å². The SMILES string of the molecule is O=C(Cc1csc(NC(=O)c2ccccc2)n1)NCCSc1ccc(Cl)cc1. The van der Waals surface area contributed by atoms with Crippen molar-refractivity contribution in [2.45, 2.75) is 11.3 Å². The number of carbonyl (C=O) groups is 2. The van der Waals surface area contributed by atoms with Crippen molar-refractivity contribution < 1.29 is 9.59 Å². The van der Waals surface area contributed by atoms with Crippen molar-refractivity contribution in [2.24, 2.45) is 0 Å². The number of anilines is 1. The van der Waals surface area contributed by atoms with Crippen LogP contribution in [0.2, 0.25) is 5.02 Å². The lowest BCUT2D eigenvalue weighted by Gasteiger charge is -2.04. The molecule has 2 aromatic carbocycles. The maximum atomic E-state index is 12.1. The van der Waals surface area contributed by atoms with Crippen molar-refractivity contribution in [3.8, 4) is 0 Å². The van der Waals surface area contributed by atoms with E-state index in [1.807, 2.05) is 30.3 Å². The van der Waals surface area contributed by atoms with Gasteiger partial charge in [-0.15, -0.1) is 23.1 Å². The van der Waals surface area contributed by atoms with Crippen LogP contribution >= 0.6 is 34.7 Å². The number of amides is 2. The Morgan fingerprint density at radius 2 is 1.82 bits per heavy atom. The van der Waals surface area contributed by atoms with Gasteiger partial charge in [-0.3, -0.25) is 14.9 Å². The Bertz CT molecular complexity index is 930. The van der Waals surface area contributed by atoms with Crippen LogP contribution in [0.3, 0.4) is 0 Å². The summed E-state index contributed by atoms with van der Waals surface area (Å²) in [6.07, 6.45) is 0.184. The summed E-state index contributed by atoms with van der Waals surface area (Å²) in [5.74, 6) is 0.455. The fourth-order valence-corrected chi connectivity index (χ4v) is 3.92. The first-order chi connectivity index (χ1) is 13.6. The molecule has 2 N–H and O–H groups in total. The van der Waals surface area contributed by atoms with Crippen molar-refractivity contribution in [1.29, 1.82) is 0 Å². The van der Waals surface area contributed by atoms with Crippen LogP contribution in [-0.4, -0.2) is 29.1 Å². The number of nitrogens with one attached hydrogen (secondary N) is 2. The minimum Gasteiger partial charge on any atom is -0.355 e. The van der Waals surface area contributed by atoms with Gasteiger partial charge in [-0.05, 0) is 36.4 Å². The Morgan fingerprint density at radius 3 is 2.57 bits per heavy atom. The number of hydrogen-bond acceptors (Lipinski definition) is 5. The molecule has 0 aliphatic heterocycles. The van der Waals surface area contributed by atoms with E-state index in [9.17, 15) is 9.59 Å². The van der Waals surface area contributed by atoms with Gasteiger partial charge in [-0.1, -0.05) is 29.8 Å². The second-order valence-corrected chi connectivity index (χ2v) is 8.26. The molecule has 0 aliphatic carbocycles. The molecular weight excluding hydrogens is 414 g/mol. The molecule has 0 saturated carbocycles.